The number of benzene rings is 1. The van der Waals surface area contributed by atoms with Crippen molar-refractivity contribution in [3.8, 4) is 11.3 Å². The number of carbonyl (C=O) groups is 1. The Kier molecular flexibility index (Phi) is 3.59. The van der Waals surface area contributed by atoms with Crippen LogP contribution in [0.2, 0.25) is 0 Å². The third-order valence-corrected chi connectivity index (χ3v) is 3.05. The van der Waals surface area contributed by atoms with Crippen LogP contribution in [0.5, 0.6) is 0 Å². The van der Waals surface area contributed by atoms with Gasteiger partial charge in [-0.25, -0.2) is 9.78 Å². The van der Waals surface area contributed by atoms with Crippen molar-refractivity contribution < 1.29 is 15.0 Å². The summed E-state index contributed by atoms with van der Waals surface area (Å²) in [4.78, 5) is 15.6. The first-order valence-corrected chi connectivity index (χ1v) is 6.32. The average Bonchev–Trinajstić information content (AvgIpc) is 2.38. The van der Waals surface area contributed by atoms with Crippen molar-refractivity contribution in [2.75, 3.05) is 0 Å². The van der Waals surface area contributed by atoms with E-state index in [2.05, 4.69) is 4.98 Å². The molecular formula is C16H17NO3. The lowest BCUT2D eigenvalue weighted by Crippen LogP contribution is -2.19. The second-order valence-electron chi connectivity index (χ2n) is 5.36. The van der Waals surface area contributed by atoms with E-state index in [0.717, 1.165) is 11.1 Å². The predicted octanol–water partition coefficient (Wildman–Crippen LogP) is 2.98. The summed E-state index contributed by atoms with van der Waals surface area (Å²) in [5.74, 6) is -1.04. The minimum Gasteiger partial charge on any atom is -0.478 e. The maximum Gasteiger partial charge on any atom is 0.335 e. The number of carboxylic acid groups (broad SMARTS) is 1. The Morgan fingerprint density at radius 1 is 1.15 bits per heavy atom. The maximum atomic E-state index is 11.2. The first kappa shape index (κ1) is 14.2. The SMILES string of the molecule is Cc1ccc(-c2cc(C(=O)O)cc(C(C)(C)O)n2)cc1. The van der Waals surface area contributed by atoms with E-state index in [0.29, 0.717) is 11.4 Å². The number of carboxylic acids is 1. The molecule has 1 aromatic carbocycles. The van der Waals surface area contributed by atoms with E-state index in [1.807, 2.05) is 31.2 Å². The van der Waals surface area contributed by atoms with Crippen molar-refractivity contribution in [3.63, 3.8) is 0 Å². The number of aromatic nitrogens is 1. The Morgan fingerprint density at radius 3 is 2.25 bits per heavy atom. The fraction of sp³-hybridized carbons (Fsp3) is 0.250. The van der Waals surface area contributed by atoms with Crippen molar-refractivity contribution >= 4 is 5.97 Å². The topological polar surface area (TPSA) is 70.4 Å². The van der Waals surface area contributed by atoms with Crippen LogP contribution in [0.15, 0.2) is 36.4 Å². The molecule has 0 saturated carbocycles. The quantitative estimate of drug-likeness (QED) is 0.900. The zero-order valence-electron chi connectivity index (χ0n) is 11.7. The zero-order chi connectivity index (χ0) is 14.9. The molecule has 0 saturated heterocycles. The van der Waals surface area contributed by atoms with Gasteiger partial charge in [0, 0.05) is 5.56 Å². The van der Waals surface area contributed by atoms with Crippen LogP contribution in [0.1, 0.15) is 35.5 Å². The Labute approximate surface area is 117 Å². The van der Waals surface area contributed by atoms with Crippen LogP contribution in [0, 0.1) is 6.92 Å². The largest absolute Gasteiger partial charge is 0.478 e. The molecule has 104 valence electrons. The number of aliphatic hydroxyl groups is 1. The molecule has 0 aliphatic rings. The molecule has 4 nitrogen and oxygen atoms in total. The van der Waals surface area contributed by atoms with Gasteiger partial charge < -0.3 is 10.2 Å². The highest BCUT2D eigenvalue weighted by molar-refractivity contribution is 5.89. The molecule has 0 aliphatic heterocycles. The molecule has 2 rings (SSSR count). The summed E-state index contributed by atoms with van der Waals surface area (Å²) in [6.07, 6.45) is 0. The van der Waals surface area contributed by atoms with E-state index >= 15 is 0 Å². The van der Waals surface area contributed by atoms with Crippen molar-refractivity contribution in [2.45, 2.75) is 26.4 Å². The first-order chi connectivity index (χ1) is 9.27. The smallest absolute Gasteiger partial charge is 0.335 e. The van der Waals surface area contributed by atoms with Crippen LogP contribution in [0.3, 0.4) is 0 Å². The number of pyridine rings is 1. The number of hydrogen-bond donors (Lipinski definition) is 2. The molecule has 0 atom stereocenters. The lowest BCUT2D eigenvalue weighted by molar-refractivity contribution is 0.0688. The molecule has 1 heterocycles. The van der Waals surface area contributed by atoms with Gasteiger partial charge in [-0.2, -0.15) is 0 Å². The summed E-state index contributed by atoms with van der Waals surface area (Å²) in [6, 6.07) is 10.6. The van der Waals surface area contributed by atoms with E-state index in [1.54, 1.807) is 13.8 Å². The highest BCUT2D eigenvalue weighted by Gasteiger charge is 2.21. The maximum absolute atomic E-state index is 11.2. The molecule has 1 aromatic heterocycles. The molecule has 4 heteroatoms. The number of aromatic carboxylic acids is 1. The highest BCUT2D eigenvalue weighted by Crippen LogP contribution is 2.25. The second kappa shape index (κ2) is 5.06. The third kappa shape index (κ3) is 3.03. The minimum atomic E-state index is -1.19. The van der Waals surface area contributed by atoms with Crippen LogP contribution in [0.4, 0.5) is 0 Å². The molecule has 0 bridgehead atoms. The number of hydrogen-bond acceptors (Lipinski definition) is 3. The summed E-state index contributed by atoms with van der Waals surface area (Å²) >= 11 is 0. The van der Waals surface area contributed by atoms with Gasteiger partial charge in [-0.1, -0.05) is 29.8 Å². The summed E-state index contributed by atoms with van der Waals surface area (Å²) in [7, 11) is 0. The minimum absolute atomic E-state index is 0.118. The Balaban J connectivity index is 2.60. The van der Waals surface area contributed by atoms with E-state index in [-0.39, 0.29) is 5.56 Å². The molecule has 0 spiro atoms. The third-order valence-electron chi connectivity index (χ3n) is 3.05. The van der Waals surface area contributed by atoms with Gasteiger partial charge in [-0.15, -0.1) is 0 Å². The lowest BCUT2D eigenvalue weighted by Gasteiger charge is -2.18. The van der Waals surface area contributed by atoms with Gasteiger partial charge in [-0.05, 0) is 32.9 Å². The van der Waals surface area contributed by atoms with Gasteiger partial charge in [0.1, 0.15) is 5.60 Å². The van der Waals surface area contributed by atoms with Gasteiger partial charge in [-0.3, -0.25) is 0 Å². The van der Waals surface area contributed by atoms with Crippen LogP contribution >= 0.6 is 0 Å². The molecule has 2 N–H and O–H groups in total. The van der Waals surface area contributed by atoms with Crippen molar-refractivity contribution in [2.24, 2.45) is 0 Å². The lowest BCUT2D eigenvalue weighted by atomic mass is 10.00. The van der Waals surface area contributed by atoms with Gasteiger partial charge in [0.2, 0.25) is 0 Å². The number of rotatable bonds is 3. The van der Waals surface area contributed by atoms with Crippen molar-refractivity contribution in [1.82, 2.24) is 4.98 Å². The van der Waals surface area contributed by atoms with Crippen LogP contribution in [0.25, 0.3) is 11.3 Å². The van der Waals surface area contributed by atoms with Crippen LogP contribution in [-0.2, 0) is 5.60 Å². The molecule has 0 unspecified atom stereocenters. The second-order valence-corrected chi connectivity index (χ2v) is 5.36. The van der Waals surface area contributed by atoms with Gasteiger partial charge >= 0.3 is 5.97 Å². The molecule has 0 aliphatic carbocycles. The average molecular weight is 271 g/mol. The van der Waals surface area contributed by atoms with Gasteiger partial charge in [0.15, 0.2) is 0 Å². The van der Waals surface area contributed by atoms with Gasteiger partial charge in [0.25, 0.3) is 0 Å². The fourth-order valence-corrected chi connectivity index (χ4v) is 1.84. The highest BCUT2D eigenvalue weighted by atomic mass is 16.4. The number of aryl methyl sites for hydroxylation is 1. The van der Waals surface area contributed by atoms with Crippen LogP contribution < -0.4 is 0 Å². The summed E-state index contributed by atoms with van der Waals surface area (Å²) < 4.78 is 0. The standard InChI is InChI=1S/C16H17NO3/c1-10-4-6-11(7-5-10)13-8-12(15(18)19)9-14(17-13)16(2,3)20/h4-9,20H,1-3H3,(H,18,19). The van der Waals surface area contributed by atoms with Crippen molar-refractivity contribution in [3.05, 3.63) is 53.2 Å². The first-order valence-electron chi connectivity index (χ1n) is 6.32. The summed E-state index contributed by atoms with van der Waals surface area (Å²) in [5, 5.41) is 19.2. The zero-order valence-corrected chi connectivity index (χ0v) is 11.7. The monoisotopic (exact) mass is 271 g/mol. The molecule has 0 radical (unpaired) electrons. The molecule has 2 aromatic rings. The predicted molar refractivity (Wildman–Crippen MR) is 76.6 cm³/mol. The Morgan fingerprint density at radius 2 is 1.75 bits per heavy atom. The molecule has 20 heavy (non-hydrogen) atoms. The molecular weight excluding hydrogens is 254 g/mol. The fourth-order valence-electron chi connectivity index (χ4n) is 1.84. The van der Waals surface area contributed by atoms with E-state index in [1.165, 1.54) is 12.1 Å². The van der Waals surface area contributed by atoms with E-state index < -0.39 is 11.6 Å². The summed E-state index contributed by atoms with van der Waals surface area (Å²) in [6.45, 7) is 5.15. The van der Waals surface area contributed by atoms with Crippen LogP contribution in [-0.4, -0.2) is 21.2 Å². The van der Waals surface area contributed by atoms with Crippen molar-refractivity contribution in [1.29, 1.82) is 0 Å². The Bertz CT molecular complexity index is 640. The van der Waals surface area contributed by atoms with E-state index in [9.17, 15) is 15.0 Å². The molecule has 0 amide bonds. The number of nitrogens with zero attached hydrogens (tertiary/aromatic N) is 1. The van der Waals surface area contributed by atoms with E-state index in [4.69, 9.17) is 0 Å². The Hall–Kier alpha value is -2.20. The normalized spacial score (nSPS) is 11.4. The summed E-state index contributed by atoms with van der Waals surface area (Å²) in [5.41, 5.74) is 1.75. The molecule has 0 fully saturated rings. The van der Waals surface area contributed by atoms with Gasteiger partial charge in [0.05, 0.1) is 17.0 Å².